The van der Waals surface area contributed by atoms with Gasteiger partial charge in [0, 0.05) is 11.6 Å². The van der Waals surface area contributed by atoms with E-state index in [9.17, 15) is 9.18 Å². The molecule has 0 radical (unpaired) electrons. The summed E-state index contributed by atoms with van der Waals surface area (Å²) in [6.07, 6.45) is 1.72. The van der Waals surface area contributed by atoms with E-state index in [2.05, 4.69) is 5.32 Å². The summed E-state index contributed by atoms with van der Waals surface area (Å²) in [6.45, 7) is 0.165. The highest BCUT2D eigenvalue weighted by molar-refractivity contribution is 7.80. The lowest BCUT2D eigenvalue weighted by Gasteiger charge is -2.13. The summed E-state index contributed by atoms with van der Waals surface area (Å²) in [5.41, 5.74) is 2.56. The summed E-state index contributed by atoms with van der Waals surface area (Å²) in [6, 6.07) is 18.8. The number of para-hydroxylation sites is 1. The molecule has 1 aliphatic rings. The van der Waals surface area contributed by atoms with Crippen molar-refractivity contribution in [2.45, 2.75) is 6.61 Å². The zero-order valence-corrected chi connectivity index (χ0v) is 18.5. The molecular formula is C24H18ClFN2O3S. The van der Waals surface area contributed by atoms with Gasteiger partial charge in [-0.3, -0.25) is 9.69 Å². The molecule has 0 saturated carbocycles. The number of carbonyl (C=O) groups excluding carboxylic acids is 1. The van der Waals surface area contributed by atoms with Crippen molar-refractivity contribution in [2.75, 3.05) is 12.0 Å². The predicted molar refractivity (Wildman–Crippen MR) is 126 cm³/mol. The molecule has 32 heavy (non-hydrogen) atoms. The van der Waals surface area contributed by atoms with E-state index in [1.165, 1.54) is 23.1 Å². The Kier molecular flexibility index (Phi) is 6.39. The Balaban J connectivity index is 1.56. The Labute approximate surface area is 195 Å². The van der Waals surface area contributed by atoms with Crippen molar-refractivity contribution in [3.05, 3.63) is 94.4 Å². The minimum atomic E-state index is -0.513. The average Bonchev–Trinajstić information content (AvgIpc) is 3.08. The molecule has 1 fully saturated rings. The van der Waals surface area contributed by atoms with Gasteiger partial charge in [0.1, 0.15) is 29.6 Å². The molecule has 0 unspecified atom stereocenters. The summed E-state index contributed by atoms with van der Waals surface area (Å²) in [5.74, 6) is 0.295. The second-order valence-corrected chi connectivity index (χ2v) is 7.69. The third kappa shape index (κ3) is 4.59. The number of benzene rings is 3. The van der Waals surface area contributed by atoms with Gasteiger partial charge in [0.05, 0.1) is 17.8 Å². The largest absolute Gasteiger partial charge is 0.496 e. The van der Waals surface area contributed by atoms with Crippen molar-refractivity contribution in [1.29, 1.82) is 0 Å². The predicted octanol–water partition coefficient (Wildman–Crippen LogP) is 5.33. The number of methoxy groups -OCH3 is 1. The van der Waals surface area contributed by atoms with Crippen LogP contribution in [-0.4, -0.2) is 18.1 Å². The molecule has 1 saturated heterocycles. The summed E-state index contributed by atoms with van der Waals surface area (Å²) < 4.78 is 24.5. The van der Waals surface area contributed by atoms with E-state index in [0.29, 0.717) is 28.0 Å². The highest BCUT2D eigenvalue weighted by Crippen LogP contribution is 2.27. The fourth-order valence-corrected chi connectivity index (χ4v) is 3.71. The quantitative estimate of drug-likeness (QED) is 0.391. The summed E-state index contributed by atoms with van der Waals surface area (Å²) in [4.78, 5) is 14.4. The highest BCUT2D eigenvalue weighted by atomic mass is 35.5. The van der Waals surface area contributed by atoms with Gasteiger partial charge in [-0.05, 0) is 60.3 Å². The highest BCUT2D eigenvalue weighted by Gasteiger charge is 2.31. The van der Waals surface area contributed by atoms with Gasteiger partial charge in [-0.25, -0.2) is 4.39 Å². The van der Waals surface area contributed by atoms with Gasteiger partial charge in [-0.2, -0.15) is 0 Å². The summed E-state index contributed by atoms with van der Waals surface area (Å²) in [7, 11) is 1.56. The second-order valence-electron chi connectivity index (χ2n) is 6.90. The Bertz CT molecular complexity index is 1220. The van der Waals surface area contributed by atoms with Gasteiger partial charge < -0.3 is 14.8 Å². The van der Waals surface area contributed by atoms with Crippen LogP contribution in [0.5, 0.6) is 11.5 Å². The van der Waals surface area contributed by atoms with Gasteiger partial charge >= 0.3 is 0 Å². The Hall–Kier alpha value is -3.42. The molecule has 3 aromatic rings. The first-order chi connectivity index (χ1) is 15.5. The van der Waals surface area contributed by atoms with Crippen LogP contribution in [0.1, 0.15) is 11.1 Å². The van der Waals surface area contributed by atoms with Gasteiger partial charge in [-0.1, -0.05) is 35.9 Å². The molecule has 162 valence electrons. The van der Waals surface area contributed by atoms with E-state index in [-0.39, 0.29) is 17.5 Å². The number of halogens is 2. The molecule has 8 heteroatoms. The number of anilines is 1. The van der Waals surface area contributed by atoms with Crippen molar-refractivity contribution in [1.82, 2.24) is 5.32 Å². The minimum Gasteiger partial charge on any atom is -0.496 e. The SMILES string of the molecule is COc1ccc(/C=C2/NC(=S)N(c3ccccc3)C2=O)cc1COc1ccc(F)c(Cl)c1. The molecule has 4 rings (SSSR count). The molecule has 1 aliphatic heterocycles. The monoisotopic (exact) mass is 468 g/mol. The Morgan fingerprint density at radius 2 is 1.91 bits per heavy atom. The molecule has 0 aromatic heterocycles. The van der Waals surface area contributed by atoms with Crippen molar-refractivity contribution >= 4 is 46.6 Å². The van der Waals surface area contributed by atoms with Gasteiger partial charge in [0.2, 0.25) is 0 Å². The second kappa shape index (κ2) is 9.38. The lowest BCUT2D eigenvalue weighted by Crippen LogP contribution is -2.30. The first-order valence-electron chi connectivity index (χ1n) is 9.63. The third-order valence-corrected chi connectivity index (χ3v) is 5.37. The number of thiocarbonyl (C=S) groups is 1. The fourth-order valence-electron chi connectivity index (χ4n) is 3.24. The van der Waals surface area contributed by atoms with E-state index < -0.39 is 5.82 Å². The molecule has 1 heterocycles. The normalized spacial score (nSPS) is 14.6. The molecule has 0 atom stereocenters. The topological polar surface area (TPSA) is 50.8 Å². The molecule has 1 amide bonds. The van der Waals surface area contributed by atoms with E-state index in [0.717, 1.165) is 11.1 Å². The first-order valence-corrected chi connectivity index (χ1v) is 10.4. The van der Waals surface area contributed by atoms with E-state index >= 15 is 0 Å². The fraction of sp³-hybridized carbons (Fsp3) is 0.0833. The van der Waals surface area contributed by atoms with E-state index in [4.69, 9.17) is 33.3 Å². The number of hydrogen-bond acceptors (Lipinski definition) is 4. The Morgan fingerprint density at radius 1 is 1.12 bits per heavy atom. The zero-order valence-electron chi connectivity index (χ0n) is 17.0. The molecule has 0 bridgehead atoms. The van der Waals surface area contributed by atoms with Crippen LogP contribution >= 0.6 is 23.8 Å². The third-order valence-electron chi connectivity index (χ3n) is 4.79. The minimum absolute atomic E-state index is 0.0160. The maximum Gasteiger partial charge on any atom is 0.281 e. The van der Waals surface area contributed by atoms with Gasteiger partial charge in [-0.15, -0.1) is 0 Å². The molecular weight excluding hydrogens is 451 g/mol. The zero-order chi connectivity index (χ0) is 22.7. The van der Waals surface area contributed by atoms with Crippen LogP contribution in [0.15, 0.2) is 72.4 Å². The number of hydrogen-bond donors (Lipinski definition) is 1. The van der Waals surface area contributed by atoms with E-state index in [1.807, 2.05) is 42.5 Å². The van der Waals surface area contributed by atoms with Crippen LogP contribution in [0.25, 0.3) is 6.08 Å². The lowest BCUT2D eigenvalue weighted by molar-refractivity contribution is -0.113. The van der Waals surface area contributed by atoms with E-state index in [1.54, 1.807) is 19.3 Å². The van der Waals surface area contributed by atoms with Crippen LogP contribution in [0.4, 0.5) is 10.1 Å². The van der Waals surface area contributed by atoms with Crippen LogP contribution in [0.2, 0.25) is 5.02 Å². The smallest absolute Gasteiger partial charge is 0.281 e. The molecule has 5 nitrogen and oxygen atoms in total. The summed E-state index contributed by atoms with van der Waals surface area (Å²) >= 11 is 11.2. The average molecular weight is 469 g/mol. The maximum atomic E-state index is 13.4. The number of ether oxygens (including phenoxy) is 2. The Morgan fingerprint density at radius 3 is 2.62 bits per heavy atom. The van der Waals surface area contributed by atoms with Crippen molar-refractivity contribution in [3.8, 4) is 11.5 Å². The maximum absolute atomic E-state index is 13.4. The number of rotatable bonds is 6. The first kappa shape index (κ1) is 21.8. The van der Waals surface area contributed by atoms with Gasteiger partial charge in [0.25, 0.3) is 5.91 Å². The molecule has 1 N–H and O–H groups in total. The van der Waals surface area contributed by atoms with Crippen LogP contribution in [-0.2, 0) is 11.4 Å². The van der Waals surface area contributed by atoms with Crippen LogP contribution in [0, 0.1) is 5.82 Å². The van der Waals surface area contributed by atoms with Gasteiger partial charge in [0.15, 0.2) is 5.11 Å². The molecule has 0 aliphatic carbocycles. The number of amides is 1. The standard InChI is InChI=1S/C24H18ClFN2O3S/c1-30-22-10-7-15(11-16(22)14-31-18-8-9-20(26)19(25)13-18)12-21-23(29)28(24(32)27-21)17-5-3-2-4-6-17/h2-13H,14H2,1H3,(H,27,32)/b21-12+. The number of nitrogens with one attached hydrogen (secondary N) is 1. The molecule has 3 aromatic carbocycles. The lowest BCUT2D eigenvalue weighted by atomic mass is 10.1. The number of carbonyl (C=O) groups is 1. The molecule has 0 spiro atoms. The van der Waals surface area contributed by atoms with Crippen molar-refractivity contribution in [2.24, 2.45) is 0 Å². The summed E-state index contributed by atoms with van der Waals surface area (Å²) in [5, 5.41) is 3.28. The van der Waals surface area contributed by atoms with Crippen LogP contribution in [0.3, 0.4) is 0 Å². The van der Waals surface area contributed by atoms with Crippen LogP contribution < -0.4 is 19.7 Å². The number of nitrogens with zero attached hydrogens (tertiary/aromatic N) is 1. The van der Waals surface area contributed by atoms with Crippen molar-refractivity contribution in [3.63, 3.8) is 0 Å². The van der Waals surface area contributed by atoms with Crippen molar-refractivity contribution < 1.29 is 18.7 Å².